The third-order valence-corrected chi connectivity index (χ3v) is 3.00. The first-order valence-electron chi connectivity index (χ1n) is 6.19. The Bertz CT molecular complexity index is 401. The Kier molecular flexibility index (Phi) is 6.39. The van der Waals surface area contributed by atoms with E-state index in [4.69, 9.17) is 16.3 Å². The van der Waals surface area contributed by atoms with E-state index in [1.165, 1.54) is 0 Å². The molecular formula is C13H22ClN3O. The van der Waals surface area contributed by atoms with Crippen LogP contribution in [-0.2, 0) is 24.8 Å². The molecule has 0 saturated carbocycles. The predicted octanol–water partition coefficient (Wildman–Crippen LogP) is 2.32. The van der Waals surface area contributed by atoms with Crippen LogP contribution in [0.2, 0.25) is 5.02 Å². The van der Waals surface area contributed by atoms with Crippen LogP contribution >= 0.6 is 11.6 Å². The van der Waals surface area contributed by atoms with E-state index >= 15 is 0 Å². The lowest BCUT2D eigenvalue weighted by Gasteiger charge is -2.06. The lowest BCUT2D eigenvalue weighted by atomic mass is 10.3. The summed E-state index contributed by atoms with van der Waals surface area (Å²) >= 11 is 6.25. The zero-order valence-electron chi connectivity index (χ0n) is 11.4. The fourth-order valence-electron chi connectivity index (χ4n) is 1.61. The minimum Gasteiger partial charge on any atom is -0.376 e. The Morgan fingerprint density at radius 1 is 1.56 bits per heavy atom. The molecule has 1 aromatic rings. The molecule has 0 radical (unpaired) electrons. The highest BCUT2D eigenvalue weighted by molar-refractivity contribution is 6.31. The minimum absolute atomic E-state index is 0.619. The predicted molar refractivity (Wildman–Crippen MR) is 74.9 cm³/mol. The van der Waals surface area contributed by atoms with Crippen LogP contribution in [0.4, 0.5) is 0 Å². The number of ether oxygens (including phenoxy) is 1. The molecule has 0 aromatic carbocycles. The molecule has 0 amide bonds. The summed E-state index contributed by atoms with van der Waals surface area (Å²) < 4.78 is 7.24. The zero-order valence-corrected chi connectivity index (χ0v) is 12.2. The topological polar surface area (TPSA) is 39.1 Å². The van der Waals surface area contributed by atoms with Crippen LogP contribution in [-0.4, -0.2) is 29.5 Å². The maximum absolute atomic E-state index is 6.25. The number of halogens is 1. The van der Waals surface area contributed by atoms with Crippen molar-refractivity contribution in [3.05, 3.63) is 28.6 Å². The van der Waals surface area contributed by atoms with Gasteiger partial charge in [0.05, 0.1) is 29.6 Å². The molecule has 0 atom stereocenters. The second-order valence-corrected chi connectivity index (χ2v) is 4.75. The first kappa shape index (κ1) is 15.2. The standard InChI is InChI=1S/C13H22ClN3O/c1-5-11-13(14)12(17(4)16-11)8-15-6-7-18-9-10(2)3/h15H,2,5-9H2,1,3-4H3. The van der Waals surface area contributed by atoms with Crippen LogP contribution in [0, 0.1) is 0 Å². The average Bonchev–Trinajstić information content (AvgIpc) is 2.59. The van der Waals surface area contributed by atoms with Crippen LogP contribution in [0.5, 0.6) is 0 Å². The largest absolute Gasteiger partial charge is 0.376 e. The van der Waals surface area contributed by atoms with E-state index in [2.05, 4.69) is 23.9 Å². The summed E-state index contributed by atoms with van der Waals surface area (Å²) in [5, 5.41) is 8.44. The molecular weight excluding hydrogens is 250 g/mol. The molecule has 0 bridgehead atoms. The van der Waals surface area contributed by atoms with Crippen molar-refractivity contribution in [2.24, 2.45) is 7.05 Å². The van der Waals surface area contributed by atoms with Crippen LogP contribution in [0.15, 0.2) is 12.2 Å². The molecule has 1 aromatic heterocycles. The van der Waals surface area contributed by atoms with Gasteiger partial charge in [0.2, 0.25) is 0 Å². The zero-order chi connectivity index (χ0) is 13.5. The van der Waals surface area contributed by atoms with Crippen molar-refractivity contribution in [1.82, 2.24) is 15.1 Å². The SMILES string of the molecule is C=C(C)COCCNCc1c(Cl)c(CC)nn1C. The highest BCUT2D eigenvalue weighted by Gasteiger charge is 2.11. The number of aryl methyl sites for hydroxylation is 2. The Morgan fingerprint density at radius 2 is 2.28 bits per heavy atom. The normalized spacial score (nSPS) is 10.9. The highest BCUT2D eigenvalue weighted by atomic mass is 35.5. The molecule has 0 aliphatic heterocycles. The first-order chi connectivity index (χ1) is 8.56. The molecule has 0 saturated heterocycles. The fourth-order valence-corrected chi connectivity index (χ4v) is 1.97. The summed E-state index contributed by atoms with van der Waals surface area (Å²) in [4.78, 5) is 0. The Labute approximate surface area is 114 Å². The summed E-state index contributed by atoms with van der Waals surface area (Å²) in [5.41, 5.74) is 3.01. The van der Waals surface area contributed by atoms with Gasteiger partial charge in [-0.2, -0.15) is 5.10 Å². The number of aromatic nitrogens is 2. The Balaban J connectivity index is 2.31. The van der Waals surface area contributed by atoms with Crippen LogP contribution in [0.1, 0.15) is 25.2 Å². The number of hydrogen-bond donors (Lipinski definition) is 1. The molecule has 5 heteroatoms. The van der Waals surface area contributed by atoms with E-state index in [1.54, 1.807) is 0 Å². The van der Waals surface area contributed by atoms with Gasteiger partial charge < -0.3 is 10.1 Å². The van der Waals surface area contributed by atoms with Gasteiger partial charge in [-0.1, -0.05) is 30.7 Å². The van der Waals surface area contributed by atoms with E-state index in [9.17, 15) is 0 Å². The summed E-state index contributed by atoms with van der Waals surface area (Å²) in [6, 6.07) is 0. The van der Waals surface area contributed by atoms with Crippen LogP contribution < -0.4 is 5.32 Å². The van der Waals surface area contributed by atoms with Crippen molar-refractivity contribution in [3.63, 3.8) is 0 Å². The summed E-state index contributed by atoms with van der Waals surface area (Å²) in [7, 11) is 1.92. The summed E-state index contributed by atoms with van der Waals surface area (Å²) in [6.45, 7) is 10.6. The van der Waals surface area contributed by atoms with Crippen LogP contribution in [0.25, 0.3) is 0 Å². The monoisotopic (exact) mass is 271 g/mol. The van der Waals surface area contributed by atoms with Gasteiger partial charge in [-0.15, -0.1) is 0 Å². The highest BCUT2D eigenvalue weighted by Crippen LogP contribution is 2.20. The van der Waals surface area contributed by atoms with Crippen molar-refractivity contribution in [3.8, 4) is 0 Å². The Hall–Kier alpha value is -0.840. The fraction of sp³-hybridized carbons (Fsp3) is 0.615. The van der Waals surface area contributed by atoms with E-state index in [-0.39, 0.29) is 0 Å². The minimum atomic E-state index is 0.619. The Morgan fingerprint density at radius 3 is 2.83 bits per heavy atom. The summed E-state index contributed by atoms with van der Waals surface area (Å²) in [5.74, 6) is 0. The van der Waals surface area contributed by atoms with Crippen molar-refractivity contribution < 1.29 is 4.74 Å². The number of nitrogens with zero attached hydrogens (tertiary/aromatic N) is 2. The van der Waals surface area contributed by atoms with Gasteiger partial charge in [0, 0.05) is 20.1 Å². The maximum atomic E-state index is 6.25. The third kappa shape index (κ3) is 4.44. The molecule has 18 heavy (non-hydrogen) atoms. The van der Waals surface area contributed by atoms with E-state index in [0.717, 1.165) is 34.9 Å². The first-order valence-corrected chi connectivity index (χ1v) is 6.57. The van der Waals surface area contributed by atoms with E-state index in [1.807, 2.05) is 18.7 Å². The van der Waals surface area contributed by atoms with Crippen LogP contribution in [0.3, 0.4) is 0 Å². The van der Waals surface area contributed by atoms with Crippen molar-refractivity contribution in [2.45, 2.75) is 26.8 Å². The molecule has 102 valence electrons. The van der Waals surface area contributed by atoms with Crippen molar-refractivity contribution >= 4 is 11.6 Å². The summed E-state index contributed by atoms with van der Waals surface area (Å²) in [6.07, 6.45) is 0.856. The molecule has 1 heterocycles. The number of rotatable bonds is 8. The molecule has 0 unspecified atom stereocenters. The lowest BCUT2D eigenvalue weighted by Crippen LogP contribution is -2.21. The van der Waals surface area contributed by atoms with E-state index in [0.29, 0.717) is 19.8 Å². The molecule has 0 spiro atoms. The van der Waals surface area contributed by atoms with Gasteiger partial charge in [0.25, 0.3) is 0 Å². The third-order valence-electron chi connectivity index (χ3n) is 2.57. The van der Waals surface area contributed by atoms with Gasteiger partial charge in [0.15, 0.2) is 0 Å². The van der Waals surface area contributed by atoms with Crippen molar-refractivity contribution in [1.29, 1.82) is 0 Å². The van der Waals surface area contributed by atoms with Gasteiger partial charge >= 0.3 is 0 Å². The average molecular weight is 272 g/mol. The molecule has 1 N–H and O–H groups in total. The lowest BCUT2D eigenvalue weighted by molar-refractivity contribution is 0.157. The maximum Gasteiger partial charge on any atom is 0.0863 e. The smallest absolute Gasteiger partial charge is 0.0863 e. The second-order valence-electron chi connectivity index (χ2n) is 4.37. The molecule has 4 nitrogen and oxygen atoms in total. The van der Waals surface area contributed by atoms with Crippen molar-refractivity contribution in [2.75, 3.05) is 19.8 Å². The number of hydrogen-bond acceptors (Lipinski definition) is 3. The van der Waals surface area contributed by atoms with Gasteiger partial charge in [-0.05, 0) is 13.3 Å². The number of nitrogens with one attached hydrogen (secondary N) is 1. The second kappa shape index (κ2) is 7.56. The van der Waals surface area contributed by atoms with Gasteiger partial charge in [0.1, 0.15) is 0 Å². The van der Waals surface area contributed by atoms with Gasteiger partial charge in [-0.25, -0.2) is 0 Å². The molecule has 0 aliphatic carbocycles. The molecule has 0 fully saturated rings. The molecule has 1 rings (SSSR count). The van der Waals surface area contributed by atoms with E-state index < -0.39 is 0 Å². The quantitative estimate of drug-likeness (QED) is 0.583. The molecule has 0 aliphatic rings. The van der Waals surface area contributed by atoms with Gasteiger partial charge in [-0.3, -0.25) is 4.68 Å².